The fourth-order valence-electron chi connectivity index (χ4n) is 12.9. The summed E-state index contributed by atoms with van der Waals surface area (Å²) in [6, 6.07) is 5.25. The first-order chi connectivity index (χ1) is 23.1. The van der Waals surface area contributed by atoms with Crippen LogP contribution in [-0.2, 0) is 22.4 Å². The number of allylic oxidation sites excluding steroid dienone is 1. The van der Waals surface area contributed by atoms with E-state index in [0.717, 1.165) is 42.4 Å². The number of phenolic OH excluding ortho intramolecular Hbond substituents is 1. The number of rotatable bonds is 9. The molecule has 1 heterocycles. The predicted octanol–water partition coefficient (Wildman–Crippen LogP) is 5.03. The normalized spacial score (nSPS) is 42.7. The SMILES string of the molecule is CC(C)[C@@H](C)[C@H]1O[C@H]1[C@](C)(O)[C@@H]1CC[C@]2(O)C3=CC(=O)[C@H]4C[C@@H](O)[C@@H](O)C5(CCCC5)[C@]4(C)[C@@H]3CC[C@]12CCc1cc(O)ccc1CCO. The smallest absolute Gasteiger partial charge is 0.159 e. The monoisotopic (exact) mass is 680 g/mol. The van der Waals surface area contributed by atoms with E-state index in [1.54, 1.807) is 18.2 Å². The Kier molecular flexibility index (Phi) is 8.81. The second kappa shape index (κ2) is 12.1. The van der Waals surface area contributed by atoms with Crippen LogP contribution in [0.1, 0.15) is 110 Å². The molecule has 6 aliphatic rings. The Bertz CT molecular complexity index is 1480. The molecule has 5 aliphatic carbocycles. The van der Waals surface area contributed by atoms with Gasteiger partial charge in [0.15, 0.2) is 5.78 Å². The first-order valence-electron chi connectivity index (χ1n) is 19.2. The number of hydrogen-bond donors (Lipinski definition) is 6. The maximum Gasteiger partial charge on any atom is 0.159 e. The van der Waals surface area contributed by atoms with Gasteiger partial charge in [-0.25, -0.2) is 0 Å². The number of aryl methyl sites for hydroxylation is 1. The highest BCUT2D eigenvalue weighted by Gasteiger charge is 2.75. The number of phenols is 1. The van der Waals surface area contributed by atoms with Crippen molar-refractivity contribution in [1.82, 2.24) is 0 Å². The maximum absolute atomic E-state index is 14.3. The van der Waals surface area contributed by atoms with Crippen molar-refractivity contribution in [1.29, 1.82) is 0 Å². The third kappa shape index (κ3) is 4.94. The third-order valence-electron chi connectivity index (χ3n) is 15.9. The van der Waals surface area contributed by atoms with Gasteiger partial charge in [-0.3, -0.25) is 4.79 Å². The van der Waals surface area contributed by atoms with E-state index in [-0.39, 0.29) is 54.5 Å². The zero-order valence-electron chi connectivity index (χ0n) is 30.2. The molecule has 12 atom stereocenters. The minimum absolute atomic E-state index is 0.0165. The van der Waals surface area contributed by atoms with Gasteiger partial charge in [-0.2, -0.15) is 0 Å². The average molecular weight is 681 g/mol. The molecular formula is C41H60O8. The number of aliphatic hydroxyl groups is 5. The standard InChI is InChI=1S/C41H60O8/c1-23(2)24(3)34-36(49-34)38(5,47)33-12-18-41(48)29-21-31(44)30-22-32(45)35(46)40(14-6-7-15-40)37(30,4)28(29)11-17-39(33,41)16-10-26-20-27(43)9-8-25(26)13-19-42/h8-9,20-21,23-24,28,30,32-36,42-43,45-48H,6-7,10-19,22H2,1-5H3/t24-,28-,30-,32-,33+,34-,35-,36-,37-,38-,39-,41+/m1/s1. The molecule has 0 aromatic heterocycles. The van der Waals surface area contributed by atoms with Crippen LogP contribution >= 0.6 is 0 Å². The molecule has 8 heteroatoms. The molecule has 8 nitrogen and oxygen atoms in total. The van der Waals surface area contributed by atoms with Crippen molar-refractivity contribution in [2.24, 2.45) is 45.8 Å². The van der Waals surface area contributed by atoms with E-state index in [2.05, 4.69) is 27.7 Å². The lowest BCUT2D eigenvalue weighted by Crippen LogP contribution is -2.68. The molecule has 6 N–H and O–H groups in total. The first-order valence-corrected chi connectivity index (χ1v) is 19.2. The van der Waals surface area contributed by atoms with Crippen LogP contribution in [0.5, 0.6) is 5.75 Å². The summed E-state index contributed by atoms with van der Waals surface area (Å²) < 4.78 is 6.29. The average Bonchev–Trinajstić information content (AvgIpc) is 3.60. The highest BCUT2D eigenvalue weighted by molar-refractivity contribution is 5.95. The lowest BCUT2D eigenvalue weighted by Gasteiger charge is -2.67. The molecule has 0 bridgehead atoms. The molecule has 0 radical (unpaired) electrons. The molecule has 0 amide bonds. The Morgan fingerprint density at radius 3 is 2.39 bits per heavy atom. The Balaban J connectivity index is 1.32. The fraction of sp³-hybridized carbons (Fsp3) is 0.780. The van der Waals surface area contributed by atoms with Crippen LogP contribution in [-0.4, -0.2) is 78.6 Å². The molecule has 1 aromatic carbocycles. The van der Waals surface area contributed by atoms with E-state index < -0.39 is 45.6 Å². The molecule has 1 aliphatic heterocycles. The maximum atomic E-state index is 14.3. The van der Waals surface area contributed by atoms with E-state index in [0.29, 0.717) is 50.9 Å². The number of hydrogen-bond acceptors (Lipinski definition) is 8. The van der Waals surface area contributed by atoms with Gasteiger partial charge in [0, 0.05) is 23.4 Å². The van der Waals surface area contributed by atoms with Gasteiger partial charge in [0.2, 0.25) is 0 Å². The van der Waals surface area contributed by atoms with Crippen molar-refractivity contribution in [2.45, 2.75) is 147 Å². The lowest BCUT2D eigenvalue weighted by atomic mass is 9.38. The highest BCUT2D eigenvalue weighted by atomic mass is 16.6. The van der Waals surface area contributed by atoms with E-state index in [4.69, 9.17) is 4.74 Å². The quantitative estimate of drug-likeness (QED) is 0.199. The number of carbonyl (C=O) groups is 1. The van der Waals surface area contributed by atoms with Crippen molar-refractivity contribution in [3.05, 3.63) is 41.0 Å². The Hall–Kier alpha value is -1.81. The minimum Gasteiger partial charge on any atom is -0.508 e. The van der Waals surface area contributed by atoms with Gasteiger partial charge in [-0.05, 0) is 135 Å². The lowest BCUT2D eigenvalue weighted by molar-refractivity contribution is -0.219. The summed E-state index contributed by atoms with van der Waals surface area (Å²) in [5.41, 5.74) is -1.93. The van der Waals surface area contributed by atoms with Gasteiger partial charge in [-0.15, -0.1) is 0 Å². The van der Waals surface area contributed by atoms with Crippen LogP contribution in [0.3, 0.4) is 0 Å². The summed E-state index contributed by atoms with van der Waals surface area (Å²) in [6.07, 6.45) is 6.99. The van der Waals surface area contributed by atoms with Gasteiger partial charge in [0.25, 0.3) is 0 Å². The number of epoxide rings is 1. The third-order valence-corrected chi connectivity index (χ3v) is 15.9. The van der Waals surface area contributed by atoms with Crippen molar-refractivity contribution in [3.63, 3.8) is 0 Å². The Morgan fingerprint density at radius 1 is 1.00 bits per heavy atom. The number of ketones is 1. The zero-order chi connectivity index (χ0) is 35.3. The van der Waals surface area contributed by atoms with Crippen LogP contribution in [0, 0.1) is 45.8 Å². The van der Waals surface area contributed by atoms with Crippen LogP contribution in [0.25, 0.3) is 0 Å². The molecule has 272 valence electrons. The molecule has 1 spiro atoms. The van der Waals surface area contributed by atoms with Crippen LogP contribution in [0.15, 0.2) is 29.8 Å². The topological polar surface area (TPSA) is 151 Å². The van der Waals surface area contributed by atoms with Crippen molar-refractivity contribution in [3.8, 4) is 5.75 Å². The van der Waals surface area contributed by atoms with E-state index >= 15 is 0 Å². The first kappa shape index (κ1) is 35.6. The fourth-order valence-corrected chi connectivity index (χ4v) is 12.9. The molecule has 0 unspecified atom stereocenters. The molecule has 4 saturated carbocycles. The summed E-state index contributed by atoms with van der Waals surface area (Å²) in [4.78, 5) is 14.3. The van der Waals surface area contributed by atoms with Gasteiger partial charge >= 0.3 is 0 Å². The number of benzene rings is 1. The summed E-state index contributed by atoms with van der Waals surface area (Å²) >= 11 is 0. The van der Waals surface area contributed by atoms with Crippen molar-refractivity contribution in [2.75, 3.05) is 6.61 Å². The molecule has 1 aromatic rings. The zero-order valence-corrected chi connectivity index (χ0v) is 30.2. The van der Waals surface area contributed by atoms with E-state index in [1.165, 1.54) is 0 Å². The molecule has 49 heavy (non-hydrogen) atoms. The van der Waals surface area contributed by atoms with Crippen LogP contribution < -0.4 is 0 Å². The Labute approximate surface area is 292 Å². The second-order valence-electron chi connectivity index (χ2n) is 17.9. The molecule has 5 fully saturated rings. The van der Waals surface area contributed by atoms with Gasteiger partial charge < -0.3 is 35.4 Å². The number of aliphatic hydroxyl groups excluding tert-OH is 3. The summed E-state index contributed by atoms with van der Waals surface area (Å²) in [5, 5.41) is 69.2. The number of carbonyl (C=O) groups excluding carboxylic acids is 1. The number of fused-ring (bicyclic) bond motifs is 6. The molecule has 7 rings (SSSR count). The van der Waals surface area contributed by atoms with Crippen LogP contribution in [0.2, 0.25) is 0 Å². The highest BCUT2D eigenvalue weighted by Crippen LogP contribution is 2.74. The van der Waals surface area contributed by atoms with Crippen molar-refractivity contribution < 1.29 is 40.2 Å². The largest absolute Gasteiger partial charge is 0.508 e. The van der Waals surface area contributed by atoms with E-state index in [1.807, 2.05) is 13.0 Å². The molecular weight excluding hydrogens is 620 g/mol. The summed E-state index contributed by atoms with van der Waals surface area (Å²) in [7, 11) is 0. The van der Waals surface area contributed by atoms with Crippen LogP contribution in [0.4, 0.5) is 0 Å². The van der Waals surface area contributed by atoms with Crippen molar-refractivity contribution >= 4 is 5.78 Å². The number of ether oxygens (including phenoxy) is 1. The summed E-state index contributed by atoms with van der Waals surface area (Å²) in [6.45, 7) is 10.6. The van der Waals surface area contributed by atoms with E-state index in [9.17, 15) is 35.4 Å². The number of aromatic hydroxyl groups is 1. The molecule has 1 saturated heterocycles. The Morgan fingerprint density at radius 2 is 1.71 bits per heavy atom. The van der Waals surface area contributed by atoms with Gasteiger partial charge in [-0.1, -0.05) is 46.6 Å². The van der Waals surface area contributed by atoms with Gasteiger partial charge in [0.05, 0.1) is 29.5 Å². The second-order valence-corrected chi connectivity index (χ2v) is 17.9. The van der Waals surface area contributed by atoms with Gasteiger partial charge in [0.1, 0.15) is 11.9 Å². The predicted molar refractivity (Wildman–Crippen MR) is 186 cm³/mol. The summed E-state index contributed by atoms with van der Waals surface area (Å²) in [5.74, 6) is -0.0950. The minimum atomic E-state index is -1.36.